The first-order valence-corrected chi connectivity index (χ1v) is 7.89. The number of hydrogen-bond donors (Lipinski definition) is 2. The van der Waals surface area contributed by atoms with Crippen molar-refractivity contribution in [3.05, 3.63) is 63.3 Å². The highest BCUT2D eigenvalue weighted by atomic mass is 35.5. The number of ketones is 1. The number of nitrogens with two attached hydrogens (primary N) is 1. The van der Waals surface area contributed by atoms with Gasteiger partial charge in [-0.25, -0.2) is 5.84 Å². The molecule has 1 heterocycles. The molecule has 2 aromatic rings. The Balaban J connectivity index is 1.83. The molecule has 0 radical (unpaired) electrons. The third-order valence-electron chi connectivity index (χ3n) is 3.42. The Morgan fingerprint density at radius 1 is 1.24 bits per heavy atom. The molecule has 3 rings (SSSR count). The molecule has 0 fully saturated rings. The molecule has 2 aromatic carbocycles. The van der Waals surface area contributed by atoms with Crippen molar-refractivity contribution in [1.29, 1.82) is 0 Å². The summed E-state index contributed by atoms with van der Waals surface area (Å²) in [6, 6.07) is 9.61. The van der Waals surface area contributed by atoms with Crippen molar-refractivity contribution in [2.75, 3.05) is 6.61 Å². The van der Waals surface area contributed by atoms with Crippen molar-refractivity contribution < 1.29 is 19.1 Å². The minimum atomic E-state index is -0.476. The number of carbonyl (C=O) groups excluding carboxylic acids is 2. The maximum absolute atomic E-state index is 12.4. The van der Waals surface area contributed by atoms with Crippen LogP contribution in [0.1, 0.15) is 15.9 Å². The fraction of sp³-hybridized carbons (Fsp3) is 0.0588. The van der Waals surface area contributed by atoms with Crippen molar-refractivity contribution >= 4 is 41.0 Å². The zero-order valence-electron chi connectivity index (χ0n) is 12.7. The van der Waals surface area contributed by atoms with Crippen LogP contribution in [0, 0.1) is 0 Å². The van der Waals surface area contributed by atoms with Gasteiger partial charge in [-0.2, -0.15) is 0 Å². The van der Waals surface area contributed by atoms with Gasteiger partial charge in [-0.3, -0.25) is 15.0 Å². The highest BCUT2D eigenvalue weighted by molar-refractivity contribution is 6.35. The van der Waals surface area contributed by atoms with E-state index in [0.29, 0.717) is 32.7 Å². The summed E-state index contributed by atoms with van der Waals surface area (Å²) >= 11 is 12.0. The van der Waals surface area contributed by atoms with Gasteiger partial charge in [0.05, 0.1) is 5.56 Å². The summed E-state index contributed by atoms with van der Waals surface area (Å²) in [5.74, 6) is 5.09. The molecule has 0 spiro atoms. The van der Waals surface area contributed by atoms with Crippen LogP contribution in [0.2, 0.25) is 10.0 Å². The molecular formula is C17H12Cl2N2O4. The molecule has 0 unspecified atom stereocenters. The lowest BCUT2D eigenvalue weighted by molar-refractivity contribution is -0.123. The number of fused-ring (bicyclic) bond motifs is 1. The van der Waals surface area contributed by atoms with Gasteiger partial charge in [0, 0.05) is 16.1 Å². The fourth-order valence-electron chi connectivity index (χ4n) is 2.21. The minimum Gasteiger partial charge on any atom is -0.484 e. The highest BCUT2D eigenvalue weighted by Crippen LogP contribution is 2.35. The predicted molar refractivity (Wildman–Crippen MR) is 93.7 cm³/mol. The molecule has 1 aliphatic heterocycles. The molecular weight excluding hydrogens is 367 g/mol. The summed E-state index contributed by atoms with van der Waals surface area (Å²) in [6.45, 7) is -0.244. The molecule has 3 N–H and O–H groups in total. The monoisotopic (exact) mass is 378 g/mol. The van der Waals surface area contributed by atoms with Crippen LogP contribution in [0.15, 0.2) is 42.2 Å². The molecule has 0 aliphatic carbocycles. The first-order valence-electron chi connectivity index (χ1n) is 7.13. The van der Waals surface area contributed by atoms with Gasteiger partial charge in [-0.1, -0.05) is 29.3 Å². The molecule has 0 atom stereocenters. The fourth-order valence-corrected chi connectivity index (χ4v) is 2.67. The van der Waals surface area contributed by atoms with Gasteiger partial charge in [-0.15, -0.1) is 0 Å². The van der Waals surface area contributed by atoms with E-state index in [1.54, 1.807) is 36.4 Å². The first kappa shape index (κ1) is 17.3. The molecule has 6 nitrogen and oxygen atoms in total. The van der Waals surface area contributed by atoms with E-state index in [9.17, 15) is 9.59 Å². The number of Topliss-reactive ketones (excluding diaryl/α,β-unsaturated/α-hetero) is 1. The van der Waals surface area contributed by atoms with Crippen molar-refractivity contribution in [3.63, 3.8) is 0 Å². The van der Waals surface area contributed by atoms with E-state index in [-0.39, 0.29) is 18.1 Å². The number of rotatable bonds is 4. The van der Waals surface area contributed by atoms with Gasteiger partial charge < -0.3 is 9.47 Å². The molecule has 0 aromatic heterocycles. The number of amides is 1. The highest BCUT2D eigenvalue weighted by Gasteiger charge is 2.28. The minimum absolute atomic E-state index is 0.135. The van der Waals surface area contributed by atoms with Gasteiger partial charge >= 0.3 is 0 Å². The number of halogens is 2. The normalized spacial score (nSPS) is 14.2. The van der Waals surface area contributed by atoms with Crippen LogP contribution in [-0.2, 0) is 4.79 Å². The van der Waals surface area contributed by atoms with E-state index in [1.165, 1.54) is 6.07 Å². The topological polar surface area (TPSA) is 90.7 Å². The Hall–Kier alpha value is -2.54. The van der Waals surface area contributed by atoms with E-state index >= 15 is 0 Å². The summed E-state index contributed by atoms with van der Waals surface area (Å²) in [7, 11) is 0. The zero-order chi connectivity index (χ0) is 18.0. The van der Waals surface area contributed by atoms with Crippen LogP contribution in [0.3, 0.4) is 0 Å². The molecule has 1 aliphatic rings. The van der Waals surface area contributed by atoms with Crippen LogP contribution in [0.25, 0.3) is 6.08 Å². The zero-order valence-corrected chi connectivity index (χ0v) is 14.2. The number of nitrogens with one attached hydrogen (secondary N) is 1. The Labute approximate surface area is 153 Å². The second-order valence-electron chi connectivity index (χ2n) is 5.12. The quantitative estimate of drug-likeness (QED) is 0.369. The Kier molecular flexibility index (Phi) is 4.94. The van der Waals surface area contributed by atoms with E-state index in [2.05, 4.69) is 0 Å². The van der Waals surface area contributed by atoms with Crippen molar-refractivity contribution in [1.82, 2.24) is 5.43 Å². The Morgan fingerprint density at radius 2 is 2.04 bits per heavy atom. The molecule has 0 bridgehead atoms. The third-order valence-corrected chi connectivity index (χ3v) is 3.98. The van der Waals surface area contributed by atoms with Gasteiger partial charge in [-0.05, 0) is 35.9 Å². The molecule has 0 saturated heterocycles. The molecule has 1 amide bonds. The van der Waals surface area contributed by atoms with Crippen molar-refractivity contribution in [3.8, 4) is 11.5 Å². The van der Waals surface area contributed by atoms with Crippen LogP contribution in [0.4, 0.5) is 0 Å². The smallest absolute Gasteiger partial charge is 0.271 e. The lowest BCUT2D eigenvalue weighted by Gasteiger charge is -2.06. The Bertz CT molecular complexity index is 896. The van der Waals surface area contributed by atoms with Crippen LogP contribution < -0.4 is 20.7 Å². The van der Waals surface area contributed by atoms with E-state index in [0.717, 1.165) is 0 Å². The molecule has 8 heteroatoms. The SMILES string of the molecule is NNC(=O)COc1ccc2c(c1)OC(=Cc1ccc(Cl)cc1Cl)C2=O. The van der Waals surface area contributed by atoms with E-state index in [4.69, 9.17) is 38.5 Å². The Morgan fingerprint density at radius 3 is 2.76 bits per heavy atom. The van der Waals surface area contributed by atoms with Crippen molar-refractivity contribution in [2.24, 2.45) is 5.84 Å². The van der Waals surface area contributed by atoms with Gasteiger partial charge in [0.15, 0.2) is 12.4 Å². The third kappa shape index (κ3) is 3.76. The maximum Gasteiger partial charge on any atom is 0.271 e. The average Bonchev–Trinajstić information content (AvgIpc) is 2.90. The second kappa shape index (κ2) is 7.14. The van der Waals surface area contributed by atoms with Gasteiger partial charge in [0.25, 0.3) is 5.91 Å². The first-order chi connectivity index (χ1) is 12.0. The summed E-state index contributed by atoms with van der Waals surface area (Å²) in [6.07, 6.45) is 1.55. The van der Waals surface area contributed by atoms with E-state index < -0.39 is 5.91 Å². The maximum atomic E-state index is 12.4. The standard InChI is InChI=1S/C17H12Cl2N2O4/c18-10-2-1-9(13(19)6-10)5-15-17(23)12-4-3-11(7-14(12)25-15)24-8-16(22)21-20/h1-7H,8,20H2,(H,21,22). The summed E-state index contributed by atoms with van der Waals surface area (Å²) in [5.41, 5.74) is 2.96. The number of allylic oxidation sites excluding steroid dienone is 1. The average molecular weight is 379 g/mol. The summed E-state index contributed by atoms with van der Waals surface area (Å²) in [5, 5.41) is 0.904. The number of hydrogen-bond acceptors (Lipinski definition) is 5. The van der Waals surface area contributed by atoms with Crippen LogP contribution in [0.5, 0.6) is 11.5 Å². The van der Waals surface area contributed by atoms with Crippen LogP contribution >= 0.6 is 23.2 Å². The van der Waals surface area contributed by atoms with Crippen molar-refractivity contribution in [2.45, 2.75) is 0 Å². The number of ether oxygens (including phenoxy) is 2. The van der Waals surface area contributed by atoms with Gasteiger partial charge in [0.2, 0.25) is 5.78 Å². The molecule has 0 saturated carbocycles. The van der Waals surface area contributed by atoms with Gasteiger partial charge in [0.1, 0.15) is 11.5 Å². The largest absolute Gasteiger partial charge is 0.484 e. The number of benzene rings is 2. The second-order valence-corrected chi connectivity index (χ2v) is 5.96. The predicted octanol–water partition coefficient (Wildman–Crippen LogP) is 2.98. The summed E-state index contributed by atoms with van der Waals surface area (Å²) in [4.78, 5) is 23.5. The number of hydrazine groups is 1. The lowest BCUT2D eigenvalue weighted by Crippen LogP contribution is -2.34. The molecule has 25 heavy (non-hydrogen) atoms. The molecule has 128 valence electrons. The lowest BCUT2D eigenvalue weighted by atomic mass is 10.1. The summed E-state index contributed by atoms with van der Waals surface area (Å²) < 4.78 is 10.9. The van der Waals surface area contributed by atoms with Crippen LogP contribution in [-0.4, -0.2) is 18.3 Å². The number of carbonyl (C=O) groups is 2. The van der Waals surface area contributed by atoms with E-state index in [1.807, 2.05) is 5.43 Å².